The summed E-state index contributed by atoms with van der Waals surface area (Å²) in [5.41, 5.74) is 5.97. The Labute approximate surface area is 99.3 Å². The molecule has 0 aliphatic heterocycles. The number of nitrogens with two attached hydrogens (primary N) is 1. The van der Waals surface area contributed by atoms with Crippen LogP contribution in [0.15, 0.2) is 27.2 Å². The molecule has 1 aromatic carbocycles. The van der Waals surface area contributed by atoms with E-state index in [1.807, 2.05) is 0 Å². The minimum Gasteiger partial charge on any atom is -0.494 e. The number of hydrogen-bond acceptors (Lipinski definition) is 4. The topological polar surface area (TPSA) is 61.3 Å². The first kappa shape index (κ1) is 10.9. The number of benzene rings is 1. The zero-order valence-electron chi connectivity index (χ0n) is 8.33. The molecule has 0 aliphatic carbocycles. The predicted octanol–water partition coefficient (Wildman–Crippen LogP) is 2.83. The summed E-state index contributed by atoms with van der Waals surface area (Å²) in [7, 11) is 1.40. The molecule has 84 valence electrons. The average Bonchev–Trinajstić information content (AvgIpc) is 2.65. The third-order valence-electron chi connectivity index (χ3n) is 2.06. The summed E-state index contributed by atoms with van der Waals surface area (Å²) < 4.78 is 24.1. The third kappa shape index (κ3) is 1.76. The van der Waals surface area contributed by atoms with E-state index in [1.54, 1.807) is 6.07 Å². The van der Waals surface area contributed by atoms with Gasteiger partial charge in [0.15, 0.2) is 11.6 Å². The molecule has 2 rings (SSSR count). The zero-order valence-corrected chi connectivity index (χ0v) is 9.92. The smallest absolute Gasteiger partial charge is 0.222 e. The monoisotopic (exact) mass is 286 g/mol. The zero-order chi connectivity index (χ0) is 11.7. The van der Waals surface area contributed by atoms with E-state index in [4.69, 9.17) is 15.0 Å². The molecule has 0 saturated heterocycles. The second-order valence-corrected chi connectivity index (χ2v) is 3.91. The molecule has 2 N–H and O–H groups in total. The molecule has 4 nitrogen and oxygen atoms in total. The largest absolute Gasteiger partial charge is 0.494 e. The van der Waals surface area contributed by atoms with E-state index in [1.165, 1.54) is 19.2 Å². The number of methoxy groups -OCH3 is 1. The van der Waals surface area contributed by atoms with Crippen LogP contribution >= 0.6 is 15.9 Å². The van der Waals surface area contributed by atoms with E-state index in [0.717, 1.165) is 0 Å². The van der Waals surface area contributed by atoms with E-state index in [2.05, 4.69) is 21.1 Å². The van der Waals surface area contributed by atoms with Gasteiger partial charge >= 0.3 is 0 Å². The van der Waals surface area contributed by atoms with E-state index < -0.39 is 5.82 Å². The first-order valence-electron chi connectivity index (χ1n) is 4.38. The number of rotatable bonds is 2. The van der Waals surface area contributed by atoms with Crippen molar-refractivity contribution in [2.24, 2.45) is 0 Å². The fourth-order valence-corrected chi connectivity index (χ4v) is 1.84. The number of aromatic nitrogens is 1. The summed E-state index contributed by atoms with van der Waals surface area (Å²) >= 11 is 3.24. The lowest BCUT2D eigenvalue weighted by Gasteiger charge is -2.06. The van der Waals surface area contributed by atoms with Crippen LogP contribution in [-0.4, -0.2) is 12.3 Å². The molecule has 0 amide bonds. The number of halogens is 2. The highest BCUT2D eigenvalue weighted by atomic mass is 79.9. The number of anilines is 1. The Kier molecular flexibility index (Phi) is 2.82. The van der Waals surface area contributed by atoms with Crippen LogP contribution in [0.4, 0.5) is 10.3 Å². The van der Waals surface area contributed by atoms with Crippen LogP contribution in [0.2, 0.25) is 0 Å². The Morgan fingerprint density at radius 1 is 1.50 bits per heavy atom. The van der Waals surface area contributed by atoms with Gasteiger partial charge in [-0.3, -0.25) is 0 Å². The van der Waals surface area contributed by atoms with Crippen molar-refractivity contribution in [2.45, 2.75) is 0 Å². The van der Waals surface area contributed by atoms with Crippen LogP contribution < -0.4 is 10.5 Å². The van der Waals surface area contributed by atoms with Gasteiger partial charge in [0, 0.05) is 10.5 Å². The van der Waals surface area contributed by atoms with Crippen molar-refractivity contribution in [3.63, 3.8) is 0 Å². The third-order valence-corrected chi connectivity index (χ3v) is 2.72. The quantitative estimate of drug-likeness (QED) is 0.922. The molecular formula is C10H8BrFN2O2. The lowest BCUT2D eigenvalue weighted by molar-refractivity contribution is 0.386. The SMILES string of the molecule is COc1ccc(Br)c(-c2cc(N)on2)c1F. The van der Waals surface area contributed by atoms with Gasteiger partial charge in [-0.15, -0.1) is 0 Å². The summed E-state index contributed by atoms with van der Waals surface area (Å²) in [5.74, 6) is -0.242. The molecule has 16 heavy (non-hydrogen) atoms. The molecule has 0 unspecified atom stereocenters. The van der Waals surface area contributed by atoms with Gasteiger partial charge in [0.1, 0.15) is 5.69 Å². The lowest BCUT2D eigenvalue weighted by Crippen LogP contribution is -1.92. The number of nitrogens with zero attached hydrogens (tertiary/aromatic N) is 1. The van der Waals surface area contributed by atoms with Gasteiger partial charge in [0.05, 0.1) is 12.7 Å². The molecule has 1 aromatic heterocycles. The van der Waals surface area contributed by atoms with Crippen LogP contribution in [-0.2, 0) is 0 Å². The molecule has 0 saturated carbocycles. The molecule has 6 heteroatoms. The van der Waals surface area contributed by atoms with Crippen LogP contribution in [0.25, 0.3) is 11.3 Å². The van der Waals surface area contributed by atoms with E-state index in [0.29, 0.717) is 10.2 Å². The normalized spacial score (nSPS) is 10.4. The summed E-state index contributed by atoms with van der Waals surface area (Å²) in [5, 5.41) is 3.66. The van der Waals surface area contributed by atoms with E-state index >= 15 is 0 Å². The van der Waals surface area contributed by atoms with Gasteiger partial charge in [-0.2, -0.15) is 0 Å². The van der Waals surface area contributed by atoms with Crippen LogP contribution in [0.1, 0.15) is 0 Å². The van der Waals surface area contributed by atoms with E-state index in [9.17, 15) is 4.39 Å². The van der Waals surface area contributed by atoms with Crippen molar-refractivity contribution >= 4 is 21.8 Å². The predicted molar refractivity (Wildman–Crippen MR) is 60.6 cm³/mol. The van der Waals surface area contributed by atoms with Crippen molar-refractivity contribution < 1.29 is 13.7 Å². The fourth-order valence-electron chi connectivity index (χ4n) is 1.33. The number of hydrogen-bond donors (Lipinski definition) is 1. The molecule has 0 aliphatic rings. The minimum atomic E-state index is -0.509. The van der Waals surface area contributed by atoms with Crippen molar-refractivity contribution in [1.82, 2.24) is 5.16 Å². The Bertz CT molecular complexity index is 528. The number of ether oxygens (including phenoxy) is 1. The molecule has 0 radical (unpaired) electrons. The molecule has 2 aromatic rings. The highest BCUT2D eigenvalue weighted by Gasteiger charge is 2.17. The Morgan fingerprint density at radius 2 is 2.25 bits per heavy atom. The van der Waals surface area contributed by atoms with Crippen LogP contribution in [0, 0.1) is 5.82 Å². The summed E-state index contributed by atoms with van der Waals surface area (Å²) in [6, 6.07) is 4.64. The highest BCUT2D eigenvalue weighted by molar-refractivity contribution is 9.10. The standard InChI is InChI=1S/C10H8BrFN2O2/c1-15-7-3-2-5(11)9(10(7)12)6-4-8(13)16-14-6/h2-4H,13H2,1H3. The summed E-state index contributed by atoms with van der Waals surface area (Å²) in [6.45, 7) is 0. The molecular weight excluding hydrogens is 279 g/mol. The average molecular weight is 287 g/mol. The fraction of sp³-hybridized carbons (Fsp3) is 0.100. The van der Waals surface area contributed by atoms with Crippen molar-refractivity contribution in [1.29, 1.82) is 0 Å². The van der Waals surface area contributed by atoms with Crippen molar-refractivity contribution in [2.75, 3.05) is 12.8 Å². The Hall–Kier alpha value is -1.56. The Balaban J connectivity index is 2.63. The van der Waals surface area contributed by atoms with Gasteiger partial charge in [-0.25, -0.2) is 4.39 Å². The summed E-state index contributed by atoms with van der Waals surface area (Å²) in [6.07, 6.45) is 0. The van der Waals surface area contributed by atoms with Crippen molar-refractivity contribution in [3.8, 4) is 17.0 Å². The van der Waals surface area contributed by atoms with Gasteiger partial charge in [-0.1, -0.05) is 5.16 Å². The lowest BCUT2D eigenvalue weighted by atomic mass is 10.1. The second-order valence-electron chi connectivity index (χ2n) is 3.05. The first-order chi connectivity index (χ1) is 7.63. The van der Waals surface area contributed by atoms with Gasteiger partial charge < -0.3 is 15.0 Å². The highest BCUT2D eigenvalue weighted by Crippen LogP contribution is 2.35. The second kappa shape index (κ2) is 4.13. The molecule has 0 fully saturated rings. The maximum Gasteiger partial charge on any atom is 0.222 e. The first-order valence-corrected chi connectivity index (χ1v) is 5.17. The molecule has 0 atom stereocenters. The minimum absolute atomic E-state index is 0.129. The molecule has 1 heterocycles. The van der Waals surface area contributed by atoms with Crippen LogP contribution in [0.3, 0.4) is 0 Å². The van der Waals surface area contributed by atoms with Gasteiger partial charge in [-0.05, 0) is 28.1 Å². The summed E-state index contributed by atoms with van der Waals surface area (Å²) in [4.78, 5) is 0. The maximum atomic E-state index is 14.0. The van der Waals surface area contributed by atoms with E-state index in [-0.39, 0.29) is 17.2 Å². The van der Waals surface area contributed by atoms with Crippen LogP contribution in [0.5, 0.6) is 5.75 Å². The molecule has 0 bridgehead atoms. The Morgan fingerprint density at radius 3 is 2.81 bits per heavy atom. The van der Waals surface area contributed by atoms with Gasteiger partial charge in [0.2, 0.25) is 5.88 Å². The van der Waals surface area contributed by atoms with Crippen molar-refractivity contribution in [3.05, 3.63) is 28.5 Å². The molecule has 0 spiro atoms. The van der Waals surface area contributed by atoms with Gasteiger partial charge in [0.25, 0.3) is 0 Å². The maximum absolute atomic E-state index is 14.0. The number of nitrogen functional groups attached to an aromatic ring is 1.